The summed E-state index contributed by atoms with van der Waals surface area (Å²) in [5.74, 6) is 0.458. The molecule has 0 atom stereocenters. The third-order valence-electron chi connectivity index (χ3n) is 2.94. The van der Waals surface area contributed by atoms with Crippen LogP contribution in [0, 0.1) is 17.2 Å². The zero-order valence-corrected chi connectivity index (χ0v) is 13.8. The molecule has 3 rings (SSSR count). The van der Waals surface area contributed by atoms with E-state index in [1.54, 1.807) is 17.0 Å². The molecule has 0 aliphatic rings. The average Bonchev–Trinajstić information content (AvgIpc) is 2.90. The van der Waals surface area contributed by atoms with E-state index >= 15 is 0 Å². The van der Waals surface area contributed by atoms with Gasteiger partial charge in [0.25, 0.3) is 5.69 Å². The monoisotopic (exact) mass is 450 g/mol. The van der Waals surface area contributed by atoms with Crippen LogP contribution in [-0.2, 0) is 21.1 Å². The van der Waals surface area contributed by atoms with E-state index in [2.05, 4.69) is 17.0 Å². The molecule has 3 aromatic rings. The van der Waals surface area contributed by atoms with Crippen LogP contribution in [0.15, 0.2) is 48.5 Å². The minimum absolute atomic E-state index is 0. The summed E-state index contributed by atoms with van der Waals surface area (Å²) < 4.78 is 0. The Morgan fingerprint density at radius 2 is 1.81 bits per heavy atom. The molecular formula is C14H10N4O2W. The minimum atomic E-state index is -0.440. The topological polar surface area (TPSA) is 73.4 Å². The second kappa shape index (κ2) is 6.06. The van der Waals surface area contributed by atoms with Crippen molar-refractivity contribution in [1.82, 2.24) is 9.97 Å². The molecule has 2 aromatic carbocycles. The van der Waals surface area contributed by atoms with E-state index in [-0.39, 0.29) is 26.8 Å². The molecule has 0 unspecified atom stereocenters. The van der Waals surface area contributed by atoms with Crippen LogP contribution in [0.2, 0.25) is 0 Å². The van der Waals surface area contributed by atoms with Gasteiger partial charge in [0, 0.05) is 23.2 Å². The number of non-ortho nitro benzene ring substituents is 1. The largest absolute Gasteiger partial charge is 2.00 e. The predicted octanol–water partition coefficient (Wildman–Crippen LogP) is 3.03. The van der Waals surface area contributed by atoms with E-state index in [9.17, 15) is 10.1 Å². The Labute approximate surface area is 135 Å². The molecule has 7 heteroatoms. The smallest absolute Gasteiger partial charge is 0.553 e. The number of nitro groups is 1. The summed E-state index contributed by atoms with van der Waals surface area (Å²) in [6.45, 7) is 0. The van der Waals surface area contributed by atoms with Crippen LogP contribution in [0.1, 0.15) is 0 Å². The Kier molecular flexibility index (Phi) is 4.38. The fraction of sp³-hybridized carbons (Fsp3) is 0. The van der Waals surface area contributed by atoms with E-state index in [0.717, 1.165) is 11.0 Å². The molecule has 104 valence electrons. The number of hydrogen-bond donors (Lipinski definition) is 0. The van der Waals surface area contributed by atoms with Crippen molar-refractivity contribution in [2.24, 2.45) is 0 Å². The molecule has 0 amide bonds. The molecule has 0 fully saturated rings. The van der Waals surface area contributed by atoms with Gasteiger partial charge >= 0.3 is 21.1 Å². The maximum absolute atomic E-state index is 10.6. The zero-order chi connectivity index (χ0) is 14.1. The van der Waals surface area contributed by atoms with Gasteiger partial charge in [0.05, 0.1) is 4.92 Å². The first kappa shape index (κ1) is 15.2. The van der Waals surface area contributed by atoms with Crippen molar-refractivity contribution in [2.45, 2.75) is 0 Å². The maximum atomic E-state index is 10.6. The van der Waals surface area contributed by atoms with Gasteiger partial charge < -0.3 is 21.9 Å². The first-order valence-electron chi connectivity index (χ1n) is 5.90. The molecule has 0 N–H and O–H groups in total. The van der Waals surface area contributed by atoms with Crippen molar-refractivity contribution >= 4 is 28.4 Å². The Morgan fingerprint density at radius 1 is 1.14 bits per heavy atom. The van der Waals surface area contributed by atoms with Crippen LogP contribution < -0.4 is 9.88 Å². The van der Waals surface area contributed by atoms with Crippen LogP contribution in [0.25, 0.3) is 11.0 Å². The van der Waals surface area contributed by atoms with Gasteiger partial charge in [0.1, 0.15) is 0 Å². The summed E-state index contributed by atoms with van der Waals surface area (Å²) in [5, 5.41) is 10.6. The molecule has 21 heavy (non-hydrogen) atoms. The van der Waals surface area contributed by atoms with Gasteiger partial charge in [-0.2, -0.15) is 0 Å². The number of benzene rings is 2. The molecule has 0 saturated heterocycles. The molecule has 0 radical (unpaired) electrons. The third-order valence-corrected chi connectivity index (χ3v) is 2.94. The first-order valence-corrected chi connectivity index (χ1v) is 5.90. The zero-order valence-electron chi connectivity index (χ0n) is 10.8. The standard InChI is InChI=1S/C14H10N4O2.W/c1-17(10-6-8-11(9-7-10)18(19)20)14-15-12-4-2-3-5-13(12)16-14;/h2-9H,1H2;/q-2;+2. The van der Waals surface area contributed by atoms with Crippen molar-refractivity contribution in [1.29, 1.82) is 0 Å². The van der Waals surface area contributed by atoms with E-state index in [4.69, 9.17) is 0 Å². The number of rotatable bonds is 3. The number of imidazole rings is 1. The van der Waals surface area contributed by atoms with Crippen molar-refractivity contribution in [3.63, 3.8) is 0 Å². The molecule has 6 nitrogen and oxygen atoms in total. The van der Waals surface area contributed by atoms with Crippen LogP contribution in [0.5, 0.6) is 0 Å². The number of aromatic nitrogens is 2. The van der Waals surface area contributed by atoms with Gasteiger partial charge in [0.2, 0.25) is 0 Å². The number of anilines is 2. The minimum Gasteiger partial charge on any atom is -0.553 e. The molecule has 0 bridgehead atoms. The van der Waals surface area contributed by atoms with Crippen molar-refractivity contribution in [3.8, 4) is 0 Å². The Balaban J connectivity index is 0.00000161. The van der Waals surface area contributed by atoms with Gasteiger partial charge in [-0.25, -0.2) is 0 Å². The van der Waals surface area contributed by atoms with E-state index in [1.165, 1.54) is 12.1 Å². The number of nitrogens with zero attached hydrogens (tertiary/aromatic N) is 4. The number of hydrogen-bond acceptors (Lipinski definition) is 4. The fourth-order valence-electron chi connectivity index (χ4n) is 1.88. The summed E-state index contributed by atoms with van der Waals surface area (Å²) in [7, 11) is 3.89. The molecule has 0 aliphatic heterocycles. The Hall–Kier alpha value is -2.20. The molecular weight excluding hydrogens is 440 g/mol. The fourth-order valence-corrected chi connectivity index (χ4v) is 1.88. The third kappa shape index (κ3) is 2.95. The van der Waals surface area contributed by atoms with Gasteiger partial charge in [-0.15, -0.1) is 0 Å². The number of para-hydroxylation sites is 2. The van der Waals surface area contributed by atoms with Crippen LogP contribution in [0.3, 0.4) is 0 Å². The van der Waals surface area contributed by atoms with Crippen molar-refractivity contribution < 1.29 is 26.0 Å². The number of nitro benzene ring substituents is 1. The summed E-state index contributed by atoms with van der Waals surface area (Å²) >= 11 is 0. The second-order valence-electron chi connectivity index (χ2n) is 4.21. The molecule has 0 aliphatic carbocycles. The van der Waals surface area contributed by atoms with Crippen LogP contribution in [-0.4, -0.2) is 9.91 Å². The van der Waals surface area contributed by atoms with Gasteiger partial charge in [-0.1, -0.05) is 24.3 Å². The van der Waals surface area contributed by atoms with Gasteiger partial charge in [-0.3, -0.25) is 10.1 Å². The average molecular weight is 450 g/mol. The normalized spacial score (nSPS) is 10.1. The number of fused-ring (bicyclic) bond motifs is 1. The molecule has 1 aromatic heterocycles. The van der Waals surface area contributed by atoms with E-state index < -0.39 is 4.92 Å². The van der Waals surface area contributed by atoms with Crippen LogP contribution >= 0.6 is 0 Å². The molecule has 1 heterocycles. The Bertz CT molecular complexity index is 737. The Morgan fingerprint density at radius 3 is 2.43 bits per heavy atom. The van der Waals surface area contributed by atoms with Crippen molar-refractivity contribution in [3.05, 3.63) is 65.7 Å². The van der Waals surface area contributed by atoms with E-state index in [1.807, 2.05) is 24.3 Å². The second-order valence-corrected chi connectivity index (χ2v) is 4.21. The SMILES string of the molecule is [CH2-]N(c1ccc([N+](=O)[O-])cc1)c1nc2ccccc2[n-]1.[W+2]. The summed E-state index contributed by atoms with van der Waals surface area (Å²) in [5.41, 5.74) is 2.30. The van der Waals surface area contributed by atoms with Gasteiger partial charge in [0.15, 0.2) is 0 Å². The van der Waals surface area contributed by atoms with Crippen molar-refractivity contribution in [2.75, 3.05) is 4.90 Å². The van der Waals surface area contributed by atoms with Gasteiger partial charge in [-0.05, 0) is 23.8 Å². The summed E-state index contributed by atoms with van der Waals surface area (Å²) in [4.78, 5) is 20.5. The van der Waals surface area contributed by atoms with Crippen LogP contribution in [0.4, 0.5) is 17.3 Å². The molecule has 0 spiro atoms. The summed E-state index contributed by atoms with van der Waals surface area (Å²) in [6.07, 6.45) is 0. The van der Waals surface area contributed by atoms with E-state index in [0.29, 0.717) is 11.6 Å². The predicted molar refractivity (Wildman–Crippen MR) is 75.7 cm³/mol. The maximum Gasteiger partial charge on any atom is 2.00 e. The first-order chi connectivity index (χ1) is 9.65. The quantitative estimate of drug-likeness (QED) is 0.349. The summed E-state index contributed by atoms with van der Waals surface area (Å²) in [6, 6.07) is 13.6. The molecule has 0 saturated carbocycles.